The number of aromatic nitrogens is 1. The predicted octanol–water partition coefficient (Wildman–Crippen LogP) is 8.30. The van der Waals surface area contributed by atoms with Gasteiger partial charge in [-0.25, -0.2) is 4.98 Å². The fraction of sp³-hybridized carbons (Fsp3) is 0.278. The number of pyridine rings is 1. The van der Waals surface area contributed by atoms with Crippen LogP contribution >= 0.6 is 23.4 Å². The van der Waals surface area contributed by atoms with E-state index in [-0.39, 0.29) is 35.2 Å². The number of carboxylic acid groups (broad SMARTS) is 1. The van der Waals surface area contributed by atoms with Gasteiger partial charge >= 0.3 is 12.1 Å². The van der Waals surface area contributed by atoms with Crippen LogP contribution in [0.5, 0.6) is 0 Å². The van der Waals surface area contributed by atoms with Crippen LogP contribution in [0.25, 0.3) is 11.3 Å². The molecule has 1 aromatic heterocycles. The summed E-state index contributed by atoms with van der Waals surface area (Å²) in [6.07, 6.45) is -1.22. The number of nitrogens with one attached hydrogen (secondary N) is 2. The fourth-order valence-electron chi connectivity index (χ4n) is 5.46. The lowest BCUT2D eigenvalue weighted by atomic mass is 10.0. The van der Waals surface area contributed by atoms with Crippen LogP contribution in [0.1, 0.15) is 63.1 Å². The molecule has 0 unspecified atom stereocenters. The zero-order valence-corrected chi connectivity index (χ0v) is 27.9. The number of aliphatic carboxylic acids is 1. The van der Waals surface area contributed by atoms with Gasteiger partial charge < -0.3 is 20.6 Å². The molecule has 0 spiro atoms. The molecule has 0 radical (unpaired) electrons. The number of carboxylic acids is 1. The van der Waals surface area contributed by atoms with Crippen LogP contribution in [-0.2, 0) is 23.3 Å². The maximum absolute atomic E-state index is 13.5. The third-order valence-corrected chi connectivity index (χ3v) is 9.15. The average molecular weight is 711 g/mol. The summed E-state index contributed by atoms with van der Waals surface area (Å²) < 4.78 is 39.5. The van der Waals surface area contributed by atoms with Gasteiger partial charge in [-0.15, -0.1) is 0 Å². The monoisotopic (exact) mass is 710 g/mol. The summed E-state index contributed by atoms with van der Waals surface area (Å²) in [4.78, 5) is 44.3. The highest BCUT2D eigenvalue weighted by Crippen LogP contribution is 2.34. The molecule has 3 N–H and O–H groups in total. The Labute approximate surface area is 291 Å². The molecule has 3 aromatic carbocycles. The molecule has 1 aliphatic rings. The van der Waals surface area contributed by atoms with Gasteiger partial charge in [-0.05, 0) is 85.0 Å². The maximum Gasteiger partial charge on any atom is 0.416 e. The zero-order chi connectivity index (χ0) is 35.0. The molecule has 49 heavy (non-hydrogen) atoms. The van der Waals surface area contributed by atoms with Gasteiger partial charge in [-0.1, -0.05) is 35.9 Å². The lowest BCUT2D eigenvalue weighted by molar-refractivity contribution is -0.138. The molecule has 0 bridgehead atoms. The number of thioether (sulfide) groups is 1. The predicted molar refractivity (Wildman–Crippen MR) is 186 cm³/mol. The van der Waals surface area contributed by atoms with Crippen molar-refractivity contribution in [3.8, 4) is 11.3 Å². The second kappa shape index (κ2) is 16.2. The second-order valence-corrected chi connectivity index (χ2v) is 13.1. The average Bonchev–Trinajstić information content (AvgIpc) is 3.09. The molecular weight excluding hydrogens is 677 g/mol. The van der Waals surface area contributed by atoms with Crippen molar-refractivity contribution in [3.63, 3.8) is 0 Å². The minimum absolute atomic E-state index is 0.0236. The van der Waals surface area contributed by atoms with Crippen molar-refractivity contribution in [1.29, 1.82) is 0 Å². The van der Waals surface area contributed by atoms with E-state index in [1.54, 1.807) is 24.3 Å². The largest absolute Gasteiger partial charge is 0.481 e. The number of carbonyl (C=O) groups excluding carboxylic acids is 2. The number of hydrogen-bond acceptors (Lipinski definition) is 6. The third kappa shape index (κ3) is 9.99. The van der Waals surface area contributed by atoms with Crippen LogP contribution in [0, 0.1) is 0 Å². The van der Waals surface area contributed by atoms with Crippen molar-refractivity contribution in [1.82, 2.24) is 10.3 Å². The number of benzene rings is 3. The number of halogens is 4. The van der Waals surface area contributed by atoms with E-state index >= 15 is 0 Å². The Morgan fingerprint density at radius 2 is 1.63 bits per heavy atom. The Kier molecular flexibility index (Phi) is 11.8. The fourth-order valence-corrected chi connectivity index (χ4v) is 6.54. The van der Waals surface area contributed by atoms with Gasteiger partial charge in [0.25, 0.3) is 11.8 Å². The first-order chi connectivity index (χ1) is 23.5. The number of nitrogens with zero attached hydrogens (tertiary/aromatic N) is 2. The molecule has 256 valence electrons. The number of rotatable bonds is 12. The third-order valence-electron chi connectivity index (χ3n) is 7.93. The lowest BCUT2D eigenvalue weighted by Crippen LogP contribution is -2.29. The zero-order valence-electron chi connectivity index (χ0n) is 26.4. The van der Waals surface area contributed by atoms with Gasteiger partial charge in [-0.3, -0.25) is 14.4 Å². The first-order valence-corrected chi connectivity index (χ1v) is 17.2. The van der Waals surface area contributed by atoms with Crippen LogP contribution in [0.3, 0.4) is 0 Å². The molecular formula is C36H34ClF3N4O4S. The highest BCUT2D eigenvalue weighted by Gasteiger charge is 2.30. The number of alkyl halides is 3. The lowest BCUT2D eigenvalue weighted by Gasteiger charge is -2.29. The minimum atomic E-state index is -4.51. The molecule has 1 saturated heterocycles. The molecule has 4 aromatic rings. The van der Waals surface area contributed by atoms with Crippen molar-refractivity contribution in [2.45, 2.75) is 44.2 Å². The van der Waals surface area contributed by atoms with Crippen LogP contribution in [-0.4, -0.2) is 46.7 Å². The summed E-state index contributed by atoms with van der Waals surface area (Å²) in [6.45, 7) is 1.60. The van der Waals surface area contributed by atoms with E-state index in [4.69, 9.17) is 16.7 Å². The summed E-state index contributed by atoms with van der Waals surface area (Å²) >= 11 is 7.88. The number of hydrogen-bond donors (Lipinski definition) is 3. The maximum atomic E-state index is 13.5. The summed E-state index contributed by atoms with van der Waals surface area (Å²) in [5, 5.41) is 14.5. The minimum Gasteiger partial charge on any atom is -0.481 e. The van der Waals surface area contributed by atoms with E-state index in [9.17, 15) is 27.6 Å². The van der Waals surface area contributed by atoms with E-state index in [1.165, 1.54) is 36.0 Å². The molecule has 0 aliphatic carbocycles. The Morgan fingerprint density at radius 3 is 2.39 bits per heavy atom. The van der Waals surface area contributed by atoms with Crippen LogP contribution in [0.2, 0.25) is 5.15 Å². The Hall–Kier alpha value is -4.55. The van der Waals surface area contributed by atoms with Crippen molar-refractivity contribution in [3.05, 3.63) is 112 Å². The van der Waals surface area contributed by atoms with Crippen LogP contribution < -0.4 is 15.5 Å². The van der Waals surface area contributed by atoms with E-state index in [0.29, 0.717) is 34.0 Å². The number of anilines is 2. The van der Waals surface area contributed by atoms with Crippen molar-refractivity contribution in [2.24, 2.45) is 0 Å². The van der Waals surface area contributed by atoms with Gasteiger partial charge in [0.15, 0.2) is 0 Å². The van der Waals surface area contributed by atoms with Crippen LogP contribution in [0.15, 0.2) is 78.9 Å². The van der Waals surface area contributed by atoms with E-state index in [1.807, 2.05) is 18.2 Å². The van der Waals surface area contributed by atoms with E-state index in [2.05, 4.69) is 20.5 Å². The smallest absolute Gasteiger partial charge is 0.416 e. The normalized spacial score (nSPS) is 13.2. The number of carbonyl (C=O) groups is 3. The standard InChI is InChI=1S/C36H34ClF3N4O4S/c37-32-19-26(34(47)41-21-23-6-5-9-27(17-23)36(38,39)40)18-31(42-32)29-20-28(44-13-2-1-3-14-44)10-11-30(29)43-35(48)25-8-4-7-24(16-25)22-49-15-12-33(45)46/h4-11,16-20H,1-3,12-15,21-22H2,(H,41,47)(H,43,48)(H,45,46). The molecule has 2 heterocycles. The molecule has 5 rings (SSSR count). The Balaban J connectivity index is 1.40. The van der Waals surface area contributed by atoms with Crippen LogP contribution in [0.4, 0.5) is 24.5 Å². The van der Waals surface area contributed by atoms with Gasteiger partial charge in [0.1, 0.15) is 5.15 Å². The molecule has 13 heteroatoms. The van der Waals surface area contributed by atoms with Crippen molar-refractivity contribution >= 4 is 52.5 Å². The highest BCUT2D eigenvalue weighted by molar-refractivity contribution is 7.98. The van der Waals surface area contributed by atoms with Gasteiger partial charge in [-0.2, -0.15) is 24.9 Å². The van der Waals surface area contributed by atoms with Gasteiger partial charge in [0.2, 0.25) is 0 Å². The van der Waals surface area contributed by atoms with Gasteiger partial charge in [0.05, 0.1) is 23.4 Å². The summed E-state index contributed by atoms with van der Waals surface area (Å²) in [5.41, 5.74) is 3.14. The summed E-state index contributed by atoms with van der Waals surface area (Å²) in [6, 6.07) is 20.4. The van der Waals surface area contributed by atoms with E-state index < -0.39 is 23.6 Å². The molecule has 8 nitrogen and oxygen atoms in total. The first kappa shape index (κ1) is 35.7. The summed E-state index contributed by atoms with van der Waals surface area (Å²) in [7, 11) is 0. The Morgan fingerprint density at radius 1 is 0.878 bits per heavy atom. The van der Waals surface area contributed by atoms with E-state index in [0.717, 1.165) is 55.7 Å². The topological polar surface area (TPSA) is 112 Å². The molecule has 1 aliphatic heterocycles. The van der Waals surface area contributed by atoms with Crippen molar-refractivity contribution < 1.29 is 32.7 Å². The number of amides is 2. The highest BCUT2D eigenvalue weighted by atomic mass is 35.5. The Bertz CT molecular complexity index is 1830. The van der Waals surface area contributed by atoms with Crippen molar-refractivity contribution in [2.75, 3.05) is 29.1 Å². The van der Waals surface area contributed by atoms with Gasteiger partial charge in [0, 0.05) is 53.5 Å². The molecule has 1 fully saturated rings. The second-order valence-electron chi connectivity index (χ2n) is 11.6. The summed E-state index contributed by atoms with van der Waals surface area (Å²) in [5.74, 6) is -0.782. The first-order valence-electron chi connectivity index (χ1n) is 15.7. The molecule has 2 amide bonds. The number of piperidine rings is 1. The SMILES string of the molecule is O=C(O)CCSCc1cccc(C(=O)Nc2ccc(N3CCCCC3)cc2-c2cc(C(=O)NCc3cccc(C(F)(F)F)c3)cc(Cl)n2)c1. The molecule has 0 atom stereocenters. The quantitative estimate of drug-likeness (QED) is 0.100. The molecule has 0 saturated carbocycles.